The molecule has 3 fully saturated rings. The highest BCUT2D eigenvalue weighted by Gasteiger charge is 2.49. The van der Waals surface area contributed by atoms with Gasteiger partial charge >= 0.3 is 0 Å². The summed E-state index contributed by atoms with van der Waals surface area (Å²) in [6, 6.07) is 7.00. The zero-order chi connectivity index (χ0) is 18.3. The molecule has 5 nitrogen and oxygen atoms in total. The summed E-state index contributed by atoms with van der Waals surface area (Å²) in [5.41, 5.74) is -0.0700. The second-order valence-electron chi connectivity index (χ2n) is 8.64. The Morgan fingerprint density at radius 3 is 2.38 bits per heavy atom. The maximum Gasteiger partial charge on any atom is 0.237 e. The van der Waals surface area contributed by atoms with Gasteiger partial charge in [0.05, 0.1) is 12.2 Å². The number of hydrogen-bond acceptors (Lipinski definition) is 4. The molecule has 0 spiro atoms. The van der Waals surface area contributed by atoms with E-state index in [0.29, 0.717) is 31.5 Å². The Morgan fingerprint density at radius 1 is 1.15 bits per heavy atom. The van der Waals surface area contributed by atoms with Gasteiger partial charge in [-0.05, 0) is 70.9 Å². The molecular formula is C21H31N3O2. The van der Waals surface area contributed by atoms with Crippen LogP contribution in [0.15, 0.2) is 24.4 Å². The van der Waals surface area contributed by atoms with Crippen LogP contribution in [-0.4, -0.2) is 56.5 Å². The second-order valence-corrected chi connectivity index (χ2v) is 8.64. The number of fused-ring (bicyclic) bond motifs is 2. The van der Waals surface area contributed by atoms with Gasteiger partial charge in [0.1, 0.15) is 5.60 Å². The molecule has 4 atom stereocenters. The van der Waals surface area contributed by atoms with Gasteiger partial charge in [-0.2, -0.15) is 0 Å². The number of likely N-dealkylation sites (tertiary alicyclic amines) is 1. The Balaban J connectivity index is 1.46. The highest BCUT2D eigenvalue weighted by atomic mass is 16.3. The molecule has 0 unspecified atom stereocenters. The number of carbonyl (C=O) groups excluding carboxylic acids is 1. The third-order valence-electron chi connectivity index (χ3n) is 6.86. The predicted octanol–water partition coefficient (Wildman–Crippen LogP) is 2.69. The van der Waals surface area contributed by atoms with Crippen LogP contribution in [0.2, 0.25) is 0 Å². The molecule has 1 amide bonds. The predicted molar refractivity (Wildman–Crippen MR) is 101 cm³/mol. The van der Waals surface area contributed by atoms with Gasteiger partial charge in [-0.15, -0.1) is 0 Å². The first kappa shape index (κ1) is 17.9. The van der Waals surface area contributed by atoms with Crippen molar-refractivity contribution in [3.63, 3.8) is 0 Å². The number of aliphatic hydroxyl groups is 1. The molecule has 0 radical (unpaired) electrons. The minimum absolute atomic E-state index is 0.268. The Morgan fingerprint density at radius 2 is 1.81 bits per heavy atom. The molecule has 4 rings (SSSR count). The zero-order valence-corrected chi connectivity index (χ0v) is 16.0. The van der Waals surface area contributed by atoms with E-state index in [9.17, 15) is 9.90 Å². The highest BCUT2D eigenvalue weighted by molar-refractivity contribution is 5.79. The molecule has 26 heavy (non-hydrogen) atoms. The van der Waals surface area contributed by atoms with E-state index in [1.54, 1.807) is 6.20 Å². The van der Waals surface area contributed by atoms with Crippen molar-refractivity contribution in [1.29, 1.82) is 0 Å². The number of nitrogens with zero attached hydrogens (tertiary/aromatic N) is 3. The zero-order valence-electron chi connectivity index (χ0n) is 16.0. The van der Waals surface area contributed by atoms with Crippen molar-refractivity contribution >= 4 is 5.91 Å². The molecule has 5 heteroatoms. The van der Waals surface area contributed by atoms with Crippen molar-refractivity contribution in [2.24, 2.45) is 0 Å². The van der Waals surface area contributed by atoms with Crippen LogP contribution in [0.5, 0.6) is 0 Å². The number of hydrogen-bond donors (Lipinski definition) is 1. The number of pyridine rings is 1. The fourth-order valence-corrected chi connectivity index (χ4v) is 5.57. The van der Waals surface area contributed by atoms with Crippen LogP contribution in [0.4, 0.5) is 0 Å². The summed E-state index contributed by atoms with van der Waals surface area (Å²) < 4.78 is 0. The van der Waals surface area contributed by atoms with Gasteiger partial charge < -0.3 is 10.0 Å². The molecule has 0 aromatic carbocycles. The van der Waals surface area contributed by atoms with Crippen LogP contribution < -0.4 is 0 Å². The average Bonchev–Trinajstić information content (AvgIpc) is 2.86. The van der Waals surface area contributed by atoms with E-state index < -0.39 is 5.60 Å². The first-order chi connectivity index (χ1) is 12.5. The Bertz CT molecular complexity index is 626. The van der Waals surface area contributed by atoms with Gasteiger partial charge in [0.25, 0.3) is 0 Å². The topological polar surface area (TPSA) is 56.7 Å². The minimum Gasteiger partial charge on any atom is -0.383 e. The lowest BCUT2D eigenvalue weighted by molar-refractivity contribution is -0.142. The summed E-state index contributed by atoms with van der Waals surface area (Å²) in [5, 5.41) is 11.2. The standard InChI is InChI=1S/C21H31N3O2/c1-15-6-5-7-16(2)24(15)20(25)14-23-17-9-10-18(23)13-21(26,12-17)19-8-3-4-11-22-19/h3-4,8,11,15-18,26H,5-7,9-10,12-14H2,1-2H3/t15-,16-,17-,18-/m1/s1. The maximum atomic E-state index is 13.0. The quantitative estimate of drug-likeness (QED) is 0.904. The molecule has 2 bridgehead atoms. The lowest BCUT2D eigenvalue weighted by Crippen LogP contribution is -2.56. The first-order valence-electron chi connectivity index (χ1n) is 10.2. The van der Waals surface area contributed by atoms with E-state index >= 15 is 0 Å². The Hall–Kier alpha value is -1.46. The summed E-state index contributed by atoms with van der Waals surface area (Å²) in [6.07, 6.45) is 8.70. The monoisotopic (exact) mass is 357 g/mol. The number of rotatable bonds is 3. The van der Waals surface area contributed by atoms with E-state index in [2.05, 4.69) is 28.6 Å². The summed E-state index contributed by atoms with van der Waals surface area (Å²) in [6.45, 7) is 4.86. The molecule has 1 aromatic rings. The molecule has 1 N–H and O–H groups in total. The second kappa shape index (κ2) is 6.93. The summed E-state index contributed by atoms with van der Waals surface area (Å²) in [4.78, 5) is 21.9. The Kier molecular flexibility index (Phi) is 4.78. The lowest BCUT2D eigenvalue weighted by atomic mass is 9.83. The fraction of sp³-hybridized carbons (Fsp3) is 0.714. The van der Waals surface area contributed by atoms with Crippen LogP contribution in [0, 0.1) is 0 Å². The van der Waals surface area contributed by atoms with E-state index in [1.165, 1.54) is 6.42 Å². The molecular weight excluding hydrogens is 326 g/mol. The number of aromatic nitrogens is 1. The highest BCUT2D eigenvalue weighted by Crippen LogP contribution is 2.45. The smallest absolute Gasteiger partial charge is 0.237 e. The van der Waals surface area contributed by atoms with Crippen LogP contribution >= 0.6 is 0 Å². The fourth-order valence-electron chi connectivity index (χ4n) is 5.57. The van der Waals surface area contributed by atoms with Crippen LogP contribution in [0.25, 0.3) is 0 Å². The maximum absolute atomic E-state index is 13.0. The largest absolute Gasteiger partial charge is 0.383 e. The molecule has 3 saturated heterocycles. The van der Waals surface area contributed by atoms with Crippen LogP contribution in [0.3, 0.4) is 0 Å². The molecule has 3 aliphatic rings. The SMILES string of the molecule is C[C@@H]1CCC[C@@H](C)N1C(=O)CN1[C@@H]2CC[C@@H]1CC(O)(c1ccccn1)C2. The molecule has 0 aliphatic carbocycles. The van der Waals surface area contributed by atoms with E-state index in [0.717, 1.165) is 31.4 Å². The summed E-state index contributed by atoms with van der Waals surface area (Å²) in [7, 11) is 0. The van der Waals surface area contributed by atoms with Gasteiger partial charge in [-0.25, -0.2) is 0 Å². The molecule has 1 aromatic heterocycles. The van der Waals surface area contributed by atoms with Gasteiger partial charge in [0.2, 0.25) is 5.91 Å². The third-order valence-corrected chi connectivity index (χ3v) is 6.86. The van der Waals surface area contributed by atoms with E-state index in [-0.39, 0.29) is 18.0 Å². The van der Waals surface area contributed by atoms with Crippen LogP contribution in [-0.2, 0) is 10.4 Å². The van der Waals surface area contributed by atoms with Gasteiger partial charge in [0, 0.05) is 30.4 Å². The number of piperidine rings is 2. The Labute approximate surface area is 156 Å². The molecule has 142 valence electrons. The van der Waals surface area contributed by atoms with Gasteiger partial charge in [0.15, 0.2) is 0 Å². The van der Waals surface area contributed by atoms with Crippen molar-refractivity contribution in [2.75, 3.05) is 6.54 Å². The molecule has 0 saturated carbocycles. The lowest BCUT2D eigenvalue weighted by Gasteiger charge is -2.45. The van der Waals surface area contributed by atoms with Crippen molar-refractivity contribution in [1.82, 2.24) is 14.8 Å². The van der Waals surface area contributed by atoms with Crippen molar-refractivity contribution in [2.45, 2.75) is 88.6 Å². The van der Waals surface area contributed by atoms with Crippen molar-refractivity contribution < 1.29 is 9.90 Å². The first-order valence-corrected chi connectivity index (χ1v) is 10.2. The average molecular weight is 357 g/mol. The number of amides is 1. The van der Waals surface area contributed by atoms with Gasteiger partial charge in [-0.1, -0.05) is 6.07 Å². The third kappa shape index (κ3) is 3.16. The van der Waals surface area contributed by atoms with E-state index in [1.807, 2.05) is 18.2 Å². The normalized spacial score (nSPS) is 37.7. The van der Waals surface area contributed by atoms with Crippen molar-refractivity contribution in [3.8, 4) is 0 Å². The summed E-state index contributed by atoms with van der Waals surface area (Å²) >= 11 is 0. The summed E-state index contributed by atoms with van der Waals surface area (Å²) in [5.74, 6) is 0.268. The molecule has 3 aliphatic heterocycles. The molecule has 4 heterocycles. The van der Waals surface area contributed by atoms with E-state index in [4.69, 9.17) is 0 Å². The van der Waals surface area contributed by atoms with Crippen molar-refractivity contribution in [3.05, 3.63) is 30.1 Å². The van der Waals surface area contributed by atoms with Gasteiger partial charge in [-0.3, -0.25) is 14.7 Å². The number of carbonyl (C=O) groups is 1. The van der Waals surface area contributed by atoms with Crippen LogP contribution in [0.1, 0.15) is 64.5 Å². The minimum atomic E-state index is -0.849.